The summed E-state index contributed by atoms with van der Waals surface area (Å²) < 4.78 is 10.3. The van der Waals surface area contributed by atoms with Crippen molar-refractivity contribution >= 4 is 0 Å². The standard InChI is InChI=1S/C14H22O4/c1-14(2,3)13(16)12(15)9-6-10(17-4)8-11(7-9)18-5/h6-8,12-13,15-16H,1-5H3. The molecule has 4 nitrogen and oxygen atoms in total. The topological polar surface area (TPSA) is 58.9 Å². The lowest BCUT2D eigenvalue weighted by atomic mass is 9.83. The van der Waals surface area contributed by atoms with Crippen molar-refractivity contribution in [2.24, 2.45) is 5.41 Å². The summed E-state index contributed by atoms with van der Waals surface area (Å²) in [7, 11) is 3.09. The van der Waals surface area contributed by atoms with Crippen LogP contribution in [0.2, 0.25) is 0 Å². The van der Waals surface area contributed by atoms with Crippen molar-refractivity contribution in [1.29, 1.82) is 0 Å². The Hall–Kier alpha value is -1.26. The quantitative estimate of drug-likeness (QED) is 0.864. The lowest BCUT2D eigenvalue weighted by molar-refractivity contribution is -0.0459. The van der Waals surface area contributed by atoms with Gasteiger partial charge < -0.3 is 19.7 Å². The van der Waals surface area contributed by atoms with E-state index in [0.29, 0.717) is 17.1 Å². The lowest BCUT2D eigenvalue weighted by Crippen LogP contribution is -2.32. The molecule has 0 aliphatic heterocycles. The molecular formula is C14H22O4. The second kappa shape index (κ2) is 5.59. The first-order valence-electron chi connectivity index (χ1n) is 5.88. The van der Waals surface area contributed by atoms with Crippen molar-refractivity contribution in [1.82, 2.24) is 0 Å². The van der Waals surface area contributed by atoms with Gasteiger partial charge >= 0.3 is 0 Å². The third-order valence-electron chi connectivity index (χ3n) is 2.90. The van der Waals surface area contributed by atoms with Gasteiger partial charge in [0.2, 0.25) is 0 Å². The predicted octanol–water partition coefficient (Wildman–Crippen LogP) is 2.14. The molecule has 1 rings (SSSR count). The van der Waals surface area contributed by atoms with Gasteiger partial charge in [0.25, 0.3) is 0 Å². The molecule has 0 fully saturated rings. The van der Waals surface area contributed by atoms with Crippen LogP contribution in [0.4, 0.5) is 0 Å². The number of hydrogen-bond donors (Lipinski definition) is 2. The summed E-state index contributed by atoms with van der Waals surface area (Å²) in [5, 5.41) is 20.3. The molecule has 18 heavy (non-hydrogen) atoms. The highest BCUT2D eigenvalue weighted by molar-refractivity contribution is 5.39. The zero-order valence-corrected chi connectivity index (χ0v) is 11.6. The molecule has 0 aliphatic rings. The monoisotopic (exact) mass is 254 g/mol. The molecule has 0 radical (unpaired) electrons. The second-order valence-corrected chi connectivity index (χ2v) is 5.40. The van der Waals surface area contributed by atoms with Crippen LogP contribution in [0.25, 0.3) is 0 Å². The molecule has 0 bridgehead atoms. The van der Waals surface area contributed by atoms with E-state index in [-0.39, 0.29) is 0 Å². The van der Waals surface area contributed by atoms with Gasteiger partial charge in [-0.15, -0.1) is 0 Å². The Bertz CT molecular complexity index is 373. The van der Waals surface area contributed by atoms with Crippen molar-refractivity contribution in [2.75, 3.05) is 14.2 Å². The lowest BCUT2D eigenvalue weighted by Gasteiger charge is -2.30. The van der Waals surface area contributed by atoms with Gasteiger partial charge in [-0.05, 0) is 23.1 Å². The molecule has 1 aromatic carbocycles. The van der Waals surface area contributed by atoms with E-state index in [1.54, 1.807) is 32.4 Å². The van der Waals surface area contributed by atoms with E-state index in [4.69, 9.17) is 9.47 Å². The van der Waals surface area contributed by atoms with Gasteiger partial charge in [-0.2, -0.15) is 0 Å². The van der Waals surface area contributed by atoms with Crippen molar-refractivity contribution in [3.63, 3.8) is 0 Å². The first kappa shape index (κ1) is 14.8. The summed E-state index contributed by atoms with van der Waals surface area (Å²) in [6.07, 6.45) is -1.84. The zero-order chi connectivity index (χ0) is 13.9. The molecule has 0 spiro atoms. The largest absolute Gasteiger partial charge is 0.497 e. The van der Waals surface area contributed by atoms with E-state index in [1.165, 1.54) is 0 Å². The normalized spacial score (nSPS) is 15.1. The second-order valence-electron chi connectivity index (χ2n) is 5.40. The van der Waals surface area contributed by atoms with E-state index in [0.717, 1.165) is 0 Å². The SMILES string of the molecule is COc1cc(OC)cc(C(O)C(O)C(C)(C)C)c1. The summed E-state index contributed by atoms with van der Waals surface area (Å²) in [6.45, 7) is 5.62. The van der Waals surface area contributed by atoms with Crippen LogP contribution in [-0.2, 0) is 0 Å². The molecule has 0 saturated heterocycles. The Labute approximate surface area is 108 Å². The Kier molecular flexibility index (Phi) is 4.59. The molecule has 4 heteroatoms. The Morgan fingerprint density at radius 2 is 1.39 bits per heavy atom. The van der Waals surface area contributed by atoms with E-state index in [9.17, 15) is 10.2 Å². The Morgan fingerprint density at radius 3 is 1.72 bits per heavy atom. The van der Waals surface area contributed by atoms with Crippen LogP contribution in [0.15, 0.2) is 18.2 Å². The fraction of sp³-hybridized carbons (Fsp3) is 0.571. The maximum absolute atomic E-state index is 10.2. The molecule has 0 amide bonds. The minimum Gasteiger partial charge on any atom is -0.497 e. The number of ether oxygens (including phenoxy) is 2. The minimum absolute atomic E-state index is 0.407. The van der Waals surface area contributed by atoms with Crippen molar-refractivity contribution in [3.8, 4) is 11.5 Å². The van der Waals surface area contributed by atoms with E-state index < -0.39 is 17.6 Å². The highest BCUT2D eigenvalue weighted by atomic mass is 16.5. The van der Waals surface area contributed by atoms with Crippen LogP contribution >= 0.6 is 0 Å². The van der Waals surface area contributed by atoms with Gasteiger partial charge in [-0.3, -0.25) is 0 Å². The van der Waals surface area contributed by atoms with Crippen LogP contribution < -0.4 is 9.47 Å². The van der Waals surface area contributed by atoms with Gasteiger partial charge in [-0.25, -0.2) is 0 Å². The number of benzene rings is 1. The molecular weight excluding hydrogens is 232 g/mol. The van der Waals surface area contributed by atoms with E-state index >= 15 is 0 Å². The van der Waals surface area contributed by atoms with Gasteiger partial charge in [0.15, 0.2) is 0 Å². The van der Waals surface area contributed by atoms with Crippen molar-refractivity contribution < 1.29 is 19.7 Å². The van der Waals surface area contributed by atoms with Crippen LogP contribution in [0, 0.1) is 5.41 Å². The molecule has 2 atom stereocenters. The average Bonchev–Trinajstić information content (AvgIpc) is 2.35. The zero-order valence-electron chi connectivity index (χ0n) is 11.6. The molecule has 0 heterocycles. The summed E-state index contributed by atoms with van der Waals surface area (Å²) in [6, 6.07) is 5.12. The smallest absolute Gasteiger partial charge is 0.122 e. The first-order chi connectivity index (χ1) is 8.29. The van der Waals surface area contributed by atoms with Crippen LogP contribution in [0.3, 0.4) is 0 Å². The maximum Gasteiger partial charge on any atom is 0.122 e. The van der Waals surface area contributed by atoms with E-state index in [2.05, 4.69) is 0 Å². The van der Waals surface area contributed by atoms with Crippen LogP contribution in [0.1, 0.15) is 32.4 Å². The molecule has 0 aromatic heterocycles. The molecule has 0 aliphatic carbocycles. The summed E-state index contributed by atoms with van der Waals surface area (Å²) in [4.78, 5) is 0. The Balaban J connectivity index is 3.08. The minimum atomic E-state index is -0.978. The first-order valence-corrected chi connectivity index (χ1v) is 5.88. The van der Waals surface area contributed by atoms with Gasteiger partial charge in [0.05, 0.1) is 20.3 Å². The molecule has 102 valence electrons. The van der Waals surface area contributed by atoms with Gasteiger partial charge in [-0.1, -0.05) is 20.8 Å². The summed E-state index contributed by atoms with van der Waals surface area (Å²) >= 11 is 0. The fourth-order valence-electron chi connectivity index (χ4n) is 1.66. The predicted molar refractivity (Wildman–Crippen MR) is 70.0 cm³/mol. The Morgan fingerprint density at radius 1 is 0.944 bits per heavy atom. The number of methoxy groups -OCH3 is 2. The highest BCUT2D eigenvalue weighted by Crippen LogP contribution is 2.33. The fourth-order valence-corrected chi connectivity index (χ4v) is 1.66. The van der Waals surface area contributed by atoms with Crippen LogP contribution in [0.5, 0.6) is 11.5 Å². The number of hydrogen-bond acceptors (Lipinski definition) is 4. The van der Waals surface area contributed by atoms with Gasteiger partial charge in [0.1, 0.15) is 17.6 Å². The van der Waals surface area contributed by atoms with Gasteiger partial charge in [0, 0.05) is 6.07 Å². The van der Waals surface area contributed by atoms with Crippen LogP contribution in [-0.4, -0.2) is 30.5 Å². The summed E-state index contributed by atoms with van der Waals surface area (Å²) in [5.41, 5.74) is 0.170. The molecule has 2 unspecified atom stereocenters. The summed E-state index contributed by atoms with van der Waals surface area (Å²) in [5.74, 6) is 1.18. The van der Waals surface area contributed by atoms with E-state index in [1.807, 2.05) is 20.8 Å². The third-order valence-corrected chi connectivity index (χ3v) is 2.90. The number of rotatable bonds is 4. The number of aliphatic hydroxyl groups excluding tert-OH is 2. The maximum atomic E-state index is 10.2. The number of aliphatic hydroxyl groups is 2. The average molecular weight is 254 g/mol. The highest BCUT2D eigenvalue weighted by Gasteiger charge is 2.30. The van der Waals surface area contributed by atoms with Crippen molar-refractivity contribution in [2.45, 2.75) is 33.0 Å². The molecule has 0 saturated carbocycles. The third kappa shape index (κ3) is 3.37. The van der Waals surface area contributed by atoms with Crippen molar-refractivity contribution in [3.05, 3.63) is 23.8 Å². The molecule has 1 aromatic rings. The molecule has 2 N–H and O–H groups in total.